The fourth-order valence-corrected chi connectivity index (χ4v) is 3.49. The van der Waals surface area contributed by atoms with Gasteiger partial charge in [-0.1, -0.05) is 56.3 Å². The molecular formula is C24H25ClN2O4. The standard InChI is InChI=1S/C24H25ClN2O4/c1-2-3-4-5-6-9-17-12-18-13-20(24(30)31-22(18)14-21(17)28)23(29)27-26-15-16-8-7-10-19(25)11-16/h7-8,10-15,28H,2-6,9H2,1H3,(H,27,29)/b26-15+. The summed E-state index contributed by atoms with van der Waals surface area (Å²) in [4.78, 5) is 24.7. The van der Waals surface area contributed by atoms with Gasteiger partial charge in [-0.2, -0.15) is 5.10 Å². The van der Waals surface area contributed by atoms with E-state index < -0.39 is 11.5 Å². The van der Waals surface area contributed by atoms with Crippen molar-refractivity contribution in [2.24, 2.45) is 5.10 Å². The van der Waals surface area contributed by atoms with E-state index in [1.807, 2.05) is 0 Å². The highest BCUT2D eigenvalue weighted by atomic mass is 35.5. The van der Waals surface area contributed by atoms with Gasteiger partial charge in [0.15, 0.2) is 0 Å². The summed E-state index contributed by atoms with van der Waals surface area (Å²) in [6.45, 7) is 2.17. The lowest BCUT2D eigenvalue weighted by atomic mass is 10.0. The number of carbonyl (C=O) groups is 1. The van der Waals surface area contributed by atoms with E-state index in [9.17, 15) is 14.7 Å². The lowest BCUT2D eigenvalue weighted by Gasteiger charge is -2.07. The van der Waals surface area contributed by atoms with Crippen LogP contribution in [0.15, 0.2) is 56.8 Å². The maximum absolute atomic E-state index is 12.4. The smallest absolute Gasteiger partial charge is 0.349 e. The van der Waals surface area contributed by atoms with Gasteiger partial charge >= 0.3 is 5.63 Å². The van der Waals surface area contributed by atoms with Gasteiger partial charge in [0.1, 0.15) is 16.9 Å². The zero-order chi connectivity index (χ0) is 22.2. The predicted octanol–water partition coefficient (Wildman–Crippen LogP) is 5.43. The van der Waals surface area contributed by atoms with Crippen LogP contribution in [-0.4, -0.2) is 17.2 Å². The molecule has 0 aliphatic carbocycles. The number of hydrazone groups is 1. The van der Waals surface area contributed by atoms with Gasteiger partial charge in [0.05, 0.1) is 6.21 Å². The highest BCUT2D eigenvalue weighted by Gasteiger charge is 2.15. The van der Waals surface area contributed by atoms with E-state index in [1.165, 1.54) is 37.6 Å². The fourth-order valence-electron chi connectivity index (χ4n) is 3.29. The molecule has 0 aliphatic rings. The Morgan fingerprint density at radius 3 is 2.74 bits per heavy atom. The van der Waals surface area contributed by atoms with E-state index in [1.54, 1.807) is 30.3 Å². The third kappa shape index (κ3) is 6.18. The highest BCUT2D eigenvalue weighted by molar-refractivity contribution is 6.30. The molecule has 7 heteroatoms. The zero-order valence-corrected chi connectivity index (χ0v) is 18.1. The Labute approximate surface area is 185 Å². The molecule has 2 aromatic carbocycles. The minimum Gasteiger partial charge on any atom is -0.508 e. The van der Waals surface area contributed by atoms with Gasteiger partial charge in [-0.25, -0.2) is 10.2 Å². The maximum Gasteiger partial charge on any atom is 0.349 e. The number of phenolic OH excluding ortho intramolecular Hbond substituents is 1. The minimum absolute atomic E-state index is 0.0921. The van der Waals surface area contributed by atoms with Crippen molar-refractivity contribution in [2.75, 3.05) is 0 Å². The average Bonchev–Trinajstić information content (AvgIpc) is 2.73. The average molecular weight is 441 g/mol. The van der Waals surface area contributed by atoms with Crippen LogP contribution in [0.2, 0.25) is 5.02 Å². The number of unbranched alkanes of at least 4 members (excludes halogenated alkanes) is 4. The van der Waals surface area contributed by atoms with Crippen molar-refractivity contribution in [1.29, 1.82) is 0 Å². The van der Waals surface area contributed by atoms with E-state index in [-0.39, 0.29) is 16.9 Å². The third-order valence-electron chi connectivity index (χ3n) is 4.96. The molecule has 31 heavy (non-hydrogen) atoms. The summed E-state index contributed by atoms with van der Waals surface area (Å²) >= 11 is 5.92. The largest absolute Gasteiger partial charge is 0.508 e. The van der Waals surface area contributed by atoms with Crippen LogP contribution in [0, 0.1) is 0 Å². The minimum atomic E-state index is -0.797. The van der Waals surface area contributed by atoms with E-state index in [4.69, 9.17) is 16.0 Å². The van der Waals surface area contributed by atoms with Crippen LogP contribution in [0.3, 0.4) is 0 Å². The lowest BCUT2D eigenvalue weighted by molar-refractivity contribution is 0.0951. The number of rotatable bonds is 9. The van der Waals surface area contributed by atoms with Crippen LogP contribution < -0.4 is 11.1 Å². The fraction of sp³-hybridized carbons (Fsp3) is 0.292. The van der Waals surface area contributed by atoms with E-state index >= 15 is 0 Å². The van der Waals surface area contributed by atoms with Gasteiger partial charge in [-0.3, -0.25) is 4.79 Å². The summed E-state index contributed by atoms with van der Waals surface area (Å²) in [5.74, 6) is -0.586. The van der Waals surface area contributed by atoms with Crippen LogP contribution >= 0.6 is 11.6 Å². The van der Waals surface area contributed by atoms with E-state index in [2.05, 4.69) is 17.5 Å². The quantitative estimate of drug-likeness (QED) is 0.201. The van der Waals surface area contributed by atoms with Crippen molar-refractivity contribution in [3.05, 3.63) is 74.6 Å². The normalized spacial score (nSPS) is 11.3. The Kier molecular flexibility index (Phi) is 7.84. The molecule has 3 aromatic rings. The Hall–Kier alpha value is -3.12. The van der Waals surface area contributed by atoms with Crippen LogP contribution in [0.5, 0.6) is 5.75 Å². The van der Waals surface area contributed by atoms with Crippen LogP contribution in [0.1, 0.15) is 60.5 Å². The molecule has 0 aliphatic heterocycles. The van der Waals surface area contributed by atoms with Crippen molar-refractivity contribution >= 4 is 34.7 Å². The number of hydrogen-bond donors (Lipinski definition) is 2. The number of hydrogen-bond acceptors (Lipinski definition) is 5. The summed E-state index contributed by atoms with van der Waals surface area (Å²) in [7, 11) is 0. The second-order valence-corrected chi connectivity index (χ2v) is 7.82. The van der Waals surface area contributed by atoms with Crippen molar-refractivity contribution in [1.82, 2.24) is 5.43 Å². The Morgan fingerprint density at radius 2 is 1.97 bits per heavy atom. The van der Waals surface area contributed by atoms with Gasteiger partial charge in [-0.05, 0) is 48.2 Å². The molecule has 2 N–H and O–H groups in total. The number of benzene rings is 2. The van der Waals surface area contributed by atoms with Gasteiger partial charge in [0, 0.05) is 16.5 Å². The van der Waals surface area contributed by atoms with Crippen LogP contribution in [0.25, 0.3) is 11.0 Å². The van der Waals surface area contributed by atoms with Crippen molar-refractivity contribution in [3.8, 4) is 5.75 Å². The molecule has 0 atom stereocenters. The summed E-state index contributed by atoms with van der Waals surface area (Å²) in [5, 5.41) is 15.3. The lowest BCUT2D eigenvalue weighted by Crippen LogP contribution is -2.24. The predicted molar refractivity (Wildman–Crippen MR) is 123 cm³/mol. The molecule has 3 rings (SSSR count). The summed E-state index contributed by atoms with van der Waals surface area (Å²) in [6, 6.07) is 11.6. The van der Waals surface area contributed by atoms with Crippen LogP contribution in [-0.2, 0) is 6.42 Å². The van der Waals surface area contributed by atoms with Crippen molar-refractivity contribution in [3.63, 3.8) is 0 Å². The second-order valence-electron chi connectivity index (χ2n) is 7.38. The molecule has 0 saturated heterocycles. The first-order valence-corrected chi connectivity index (χ1v) is 10.7. The molecule has 0 spiro atoms. The number of fused-ring (bicyclic) bond motifs is 1. The Bertz CT molecular complexity index is 1150. The number of nitrogens with zero attached hydrogens (tertiary/aromatic N) is 1. The van der Waals surface area contributed by atoms with Gasteiger partial charge < -0.3 is 9.52 Å². The Balaban J connectivity index is 1.75. The number of phenols is 1. The summed E-state index contributed by atoms with van der Waals surface area (Å²) in [5.41, 5.74) is 3.08. The summed E-state index contributed by atoms with van der Waals surface area (Å²) < 4.78 is 5.24. The molecule has 0 saturated carbocycles. The first-order valence-electron chi connectivity index (χ1n) is 10.4. The number of aromatic hydroxyl groups is 1. The number of amides is 1. The molecular weight excluding hydrogens is 416 g/mol. The maximum atomic E-state index is 12.4. The number of nitrogens with one attached hydrogen (secondary N) is 1. The number of carbonyl (C=O) groups excluding carboxylic acids is 1. The second kappa shape index (κ2) is 10.8. The monoisotopic (exact) mass is 440 g/mol. The molecule has 162 valence electrons. The first kappa shape index (κ1) is 22.6. The molecule has 0 unspecified atom stereocenters. The molecule has 1 heterocycles. The van der Waals surface area contributed by atoms with Crippen molar-refractivity contribution < 1.29 is 14.3 Å². The topological polar surface area (TPSA) is 91.9 Å². The SMILES string of the molecule is CCCCCCCc1cc2cc(C(=O)N/N=C/c3cccc(Cl)c3)c(=O)oc2cc1O. The summed E-state index contributed by atoms with van der Waals surface area (Å²) in [6.07, 6.45) is 7.74. The first-order chi connectivity index (χ1) is 15.0. The van der Waals surface area contributed by atoms with E-state index in [0.717, 1.165) is 24.8 Å². The molecule has 1 amide bonds. The Morgan fingerprint density at radius 1 is 1.16 bits per heavy atom. The van der Waals surface area contributed by atoms with Gasteiger partial charge in [0.2, 0.25) is 0 Å². The molecule has 0 fully saturated rings. The van der Waals surface area contributed by atoms with Gasteiger partial charge in [0.25, 0.3) is 5.91 Å². The molecule has 6 nitrogen and oxygen atoms in total. The third-order valence-corrected chi connectivity index (χ3v) is 5.19. The van der Waals surface area contributed by atoms with E-state index in [0.29, 0.717) is 16.0 Å². The number of aryl methyl sites for hydroxylation is 1. The zero-order valence-electron chi connectivity index (χ0n) is 17.4. The highest BCUT2D eigenvalue weighted by Crippen LogP contribution is 2.26. The number of halogens is 1. The molecule has 0 radical (unpaired) electrons. The molecule has 0 bridgehead atoms. The van der Waals surface area contributed by atoms with Gasteiger partial charge in [-0.15, -0.1) is 0 Å². The molecule has 1 aromatic heterocycles. The van der Waals surface area contributed by atoms with Crippen molar-refractivity contribution in [2.45, 2.75) is 45.4 Å². The van der Waals surface area contributed by atoms with Crippen LogP contribution in [0.4, 0.5) is 0 Å².